The maximum Gasteiger partial charge on any atom is 0.397 e. The molecular weight excluding hydrogens is 678 g/mol. The van der Waals surface area contributed by atoms with Crippen molar-refractivity contribution in [3.8, 4) is 0 Å². The van der Waals surface area contributed by atoms with Gasteiger partial charge in [0.2, 0.25) is 5.91 Å². The number of carbonyl (C=O) groups is 1. The molecule has 0 aromatic heterocycles. The molecule has 0 radical (unpaired) electrons. The Balaban J connectivity index is 2.58. The van der Waals surface area contributed by atoms with Crippen molar-refractivity contribution in [2.75, 3.05) is 13.2 Å². The molecule has 0 saturated carbocycles. The highest BCUT2D eigenvalue weighted by atomic mass is 32.3. The number of nitrogens with one attached hydrogen (secondary N) is 1. The fourth-order valence-corrected chi connectivity index (χ4v) is 6.91. The Morgan fingerprint density at radius 2 is 1.25 bits per heavy atom. The molecule has 1 heterocycles. The summed E-state index contributed by atoms with van der Waals surface area (Å²) in [7, 11) is -5.07. The van der Waals surface area contributed by atoms with E-state index >= 15 is 0 Å². The summed E-state index contributed by atoms with van der Waals surface area (Å²) in [6.07, 6.45) is 21.0. The van der Waals surface area contributed by atoms with E-state index in [1.807, 2.05) is 0 Å². The summed E-state index contributed by atoms with van der Waals surface area (Å²) in [5.74, 6) is -0.267. The number of aliphatic hydroxyl groups is 4. The van der Waals surface area contributed by atoms with Crippen LogP contribution in [0.3, 0.4) is 0 Å². The first-order valence-electron chi connectivity index (χ1n) is 20.1. The Morgan fingerprint density at radius 1 is 0.765 bits per heavy atom. The standard InChI is InChI=1S/C38H73NO11S/c1-3-5-7-9-11-13-14-15-16-17-18-20-21-23-25-27-32(41)31(39-34(42)28-26-24-22-19-12-10-8-6-4-2)30-48-38-36(44)37(50-51(45,46)47)35(43)33(29-40)49-38/h19,22,31-33,35-38,40-41,43-44H,3-18,20-21,23-30H2,1-2H3,(H,39,42)(H,45,46,47)/b22-19-. The highest BCUT2D eigenvalue weighted by Crippen LogP contribution is 2.26. The maximum absolute atomic E-state index is 12.9. The largest absolute Gasteiger partial charge is 0.397 e. The van der Waals surface area contributed by atoms with E-state index in [1.54, 1.807) is 0 Å². The van der Waals surface area contributed by atoms with Gasteiger partial charge in [-0.3, -0.25) is 9.35 Å². The predicted molar refractivity (Wildman–Crippen MR) is 199 cm³/mol. The molecule has 51 heavy (non-hydrogen) atoms. The fourth-order valence-electron chi connectivity index (χ4n) is 6.40. The summed E-state index contributed by atoms with van der Waals surface area (Å²) in [4.78, 5) is 12.9. The second kappa shape index (κ2) is 30.2. The zero-order chi connectivity index (χ0) is 37.7. The smallest absolute Gasteiger partial charge is 0.394 e. The van der Waals surface area contributed by atoms with Crippen molar-refractivity contribution in [2.24, 2.45) is 0 Å². The van der Waals surface area contributed by atoms with Gasteiger partial charge in [-0.2, -0.15) is 8.42 Å². The van der Waals surface area contributed by atoms with Gasteiger partial charge < -0.3 is 35.2 Å². The molecule has 1 aliphatic rings. The molecule has 0 aromatic carbocycles. The average Bonchev–Trinajstić information content (AvgIpc) is 3.09. The van der Waals surface area contributed by atoms with Gasteiger partial charge in [0.25, 0.3) is 0 Å². The molecule has 7 atom stereocenters. The molecule has 0 spiro atoms. The van der Waals surface area contributed by atoms with Crippen molar-refractivity contribution >= 4 is 16.3 Å². The zero-order valence-electron chi connectivity index (χ0n) is 31.7. The third-order valence-electron chi connectivity index (χ3n) is 9.57. The van der Waals surface area contributed by atoms with Crippen LogP contribution in [0.5, 0.6) is 0 Å². The van der Waals surface area contributed by atoms with Gasteiger partial charge in [-0.15, -0.1) is 0 Å². The number of rotatable bonds is 33. The van der Waals surface area contributed by atoms with E-state index in [4.69, 9.17) is 14.0 Å². The Kier molecular flexibility index (Phi) is 28.3. The first kappa shape index (κ1) is 47.9. The topological polar surface area (TPSA) is 192 Å². The van der Waals surface area contributed by atoms with Crippen LogP contribution in [0.15, 0.2) is 12.2 Å². The SMILES string of the molecule is CCCCCC/C=C\CCCC(=O)NC(COC1OC(CO)C(O)C(OS(=O)(=O)O)C1O)C(O)CCCCCCCCCCCCCCCCC. The summed E-state index contributed by atoms with van der Waals surface area (Å²) in [5.41, 5.74) is 0. The van der Waals surface area contributed by atoms with Crippen molar-refractivity contribution in [1.82, 2.24) is 5.32 Å². The molecule has 302 valence electrons. The van der Waals surface area contributed by atoms with Crippen molar-refractivity contribution < 1.29 is 51.8 Å². The van der Waals surface area contributed by atoms with Gasteiger partial charge in [-0.25, -0.2) is 4.18 Å². The zero-order valence-corrected chi connectivity index (χ0v) is 32.5. The minimum Gasteiger partial charge on any atom is -0.394 e. The quantitative estimate of drug-likeness (QED) is 0.0246. The first-order chi connectivity index (χ1) is 24.5. The second-order valence-corrected chi connectivity index (χ2v) is 15.3. The van der Waals surface area contributed by atoms with Gasteiger partial charge in [0.05, 0.1) is 25.4 Å². The molecule has 1 aliphatic heterocycles. The molecule has 1 amide bonds. The van der Waals surface area contributed by atoms with Crippen LogP contribution >= 0.6 is 0 Å². The van der Waals surface area contributed by atoms with Gasteiger partial charge in [-0.1, -0.05) is 142 Å². The molecule has 7 unspecified atom stereocenters. The van der Waals surface area contributed by atoms with E-state index in [9.17, 15) is 33.6 Å². The van der Waals surface area contributed by atoms with E-state index in [2.05, 4.69) is 35.5 Å². The second-order valence-electron chi connectivity index (χ2n) is 14.2. The lowest BCUT2D eigenvalue weighted by molar-refractivity contribution is -0.298. The number of amides is 1. The molecule has 0 aromatic rings. The molecule has 0 bridgehead atoms. The fraction of sp³-hybridized carbons (Fsp3) is 0.921. The van der Waals surface area contributed by atoms with Crippen molar-refractivity contribution in [1.29, 1.82) is 0 Å². The molecular formula is C38H73NO11S. The number of ether oxygens (including phenoxy) is 2. The molecule has 6 N–H and O–H groups in total. The summed E-state index contributed by atoms with van der Waals surface area (Å²) in [5, 5.41) is 44.5. The summed E-state index contributed by atoms with van der Waals surface area (Å²) in [6, 6.07) is -0.866. The lowest BCUT2D eigenvalue weighted by atomic mass is 9.99. The van der Waals surface area contributed by atoms with Crippen LogP contribution in [0.4, 0.5) is 0 Å². The Bertz CT molecular complexity index is 983. The van der Waals surface area contributed by atoms with Gasteiger partial charge >= 0.3 is 10.4 Å². The van der Waals surface area contributed by atoms with E-state index in [1.165, 1.54) is 89.9 Å². The van der Waals surface area contributed by atoms with Crippen LogP contribution in [-0.4, -0.2) is 95.4 Å². The number of hydrogen-bond acceptors (Lipinski definition) is 10. The summed E-state index contributed by atoms with van der Waals surface area (Å²) < 4.78 is 47.4. The van der Waals surface area contributed by atoms with Crippen LogP contribution in [0.2, 0.25) is 0 Å². The van der Waals surface area contributed by atoms with Crippen molar-refractivity contribution in [3.05, 3.63) is 12.2 Å². The lowest BCUT2D eigenvalue weighted by Gasteiger charge is -2.41. The molecule has 1 saturated heterocycles. The van der Waals surface area contributed by atoms with Gasteiger partial charge in [0, 0.05) is 6.42 Å². The number of carbonyl (C=O) groups excluding carboxylic acids is 1. The summed E-state index contributed by atoms with van der Waals surface area (Å²) in [6.45, 7) is 3.36. The minimum absolute atomic E-state index is 0.244. The third kappa shape index (κ3) is 24.0. The van der Waals surface area contributed by atoms with Gasteiger partial charge in [-0.05, 0) is 32.1 Å². The monoisotopic (exact) mass is 751 g/mol. The van der Waals surface area contributed by atoms with Gasteiger partial charge in [0.15, 0.2) is 6.29 Å². The number of aliphatic hydroxyl groups excluding tert-OH is 4. The van der Waals surface area contributed by atoms with Crippen LogP contribution in [-0.2, 0) is 28.9 Å². The van der Waals surface area contributed by atoms with Crippen LogP contribution < -0.4 is 5.32 Å². The van der Waals surface area contributed by atoms with E-state index in [0.717, 1.165) is 44.9 Å². The molecule has 13 heteroatoms. The highest BCUT2D eigenvalue weighted by Gasteiger charge is 2.48. The third-order valence-corrected chi connectivity index (χ3v) is 10.0. The molecule has 1 rings (SSSR count). The average molecular weight is 752 g/mol. The van der Waals surface area contributed by atoms with Crippen molar-refractivity contribution in [2.45, 2.75) is 211 Å². The number of allylic oxidation sites excluding steroid dienone is 2. The minimum atomic E-state index is -5.07. The van der Waals surface area contributed by atoms with E-state index in [-0.39, 0.29) is 18.9 Å². The first-order valence-corrected chi connectivity index (χ1v) is 21.4. The molecule has 0 aliphatic carbocycles. The van der Waals surface area contributed by atoms with E-state index in [0.29, 0.717) is 12.8 Å². The van der Waals surface area contributed by atoms with Crippen LogP contribution in [0, 0.1) is 0 Å². The maximum atomic E-state index is 12.9. The number of unbranched alkanes of at least 4 members (excludes halogenated alkanes) is 19. The van der Waals surface area contributed by atoms with Gasteiger partial charge in [0.1, 0.15) is 24.4 Å². The van der Waals surface area contributed by atoms with Crippen LogP contribution in [0.25, 0.3) is 0 Å². The number of hydrogen-bond donors (Lipinski definition) is 6. The van der Waals surface area contributed by atoms with Crippen LogP contribution in [0.1, 0.15) is 168 Å². The van der Waals surface area contributed by atoms with Crippen molar-refractivity contribution in [3.63, 3.8) is 0 Å². The molecule has 1 fully saturated rings. The Labute approximate surface area is 309 Å². The summed E-state index contributed by atoms with van der Waals surface area (Å²) >= 11 is 0. The predicted octanol–water partition coefficient (Wildman–Crippen LogP) is 6.43. The highest BCUT2D eigenvalue weighted by molar-refractivity contribution is 7.80. The Hall–Kier alpha value is -1.16. The van der Waals surface area contributed by atoms with E-state index < -0.39 is 59.9 Å². The normalized spacial score (nSPS) is 22.4. The Morgan fingerprint density at radius 3 is 1.76 bits per heavy atom. The molecule has 12 nitrogen and oxygen atoms in total. The lowest BCUT2D eigenvalue weighted by Crippen LogP contribution is -2.61.